The molecule has 1 aliphatic heterocycles. The molecule has 1 saturated heterocycles. The first-order chi connectivity index (χ1) is 12.2. The average molecular weight is 480 g/mol. The zero-order valence-corrected chi connectivity index (χ0v) is 19.5. The van der Waals surface area contributed by atoms with E-state index < -0.39 is 0 Å². The Morgan fingerprint density at radius 2 is 2.00 bits per heavy atom. The van der Waals surface area contributed by atoms with Crippen LogP contribution in [0, 0.1) is 11.3 Å². The maximum absolute atomic E-state index is 5.62. The van der Waals surface area contributed by atoms with E-state index in [2.05, 4.69) is 34.4 Å². The number of hydrogen-bond donors (Lipinski definition) is 2. The van der Waals surface area contributed by atoms with Crippen molar-refractivity contribution in [2.75, 3.05) is 53.0 Å². The molecule has 5 nitrogen and oxygen atoms in total. The van der Waals surface area contributed by atoms with E-state index in [1.54, 1.807) is 0 Å². The summed E-state index contributed by atoms with van der Waals surface area (Å²) in [6.07, 6.45) is 9.23. The molecule has 2 rings (SSSR count). The molecule has 1 atom stereocenters. The molecule has 26 heavy (non-hydrogen) atoms. The van der Waals surface area contributed by atoms with Crippen molar-refractivity contribution in [3.63, 3.8) is 0 Å². The Morgan fingerprint density at radius 1 is 1.23 bits per heavy atom. The van der Waals surface area contributed by atoms with Crippen LogP contribution in [0.1, 0.15) is 58.8 Å². The minimum atomic E-state index is 0. The Morgan fingerprint density at radius 3 is 2.65 bits per heavy atom. The van der Waals surface area contributed by atoms with Crippen LogP contribution in [0.15, 0.2) is 4.99 Å². The van der Waals surface area contributed by atoms with Gasteiger partial charge in [0.2, 0.25) is 0 Å². The van der Waals surface area contributed by atoms with Crippen molar-refractivity contribution in [2.45, 2.75) is 58.8 Å². The standard InChI is InChI=1S/C20H40N4O.HI/c1-4-25-15-11-20(9-5-6-10-20)17-23-19(21-3)22-12-14-24-13-7-8-18(2)16-24;/h18H,4-17H2,1-3H3,(H2,21,22,23);1H. The second kappa shape index (κ2) is 13.2. The number of hydrogen-bond acceptors (Lipinski definition) is 3. The van der Waals surface area contributed by atoms with E-state index in [9.17, 15) is 0 Å². The average Bonchev–Trinajstić information content (AvgIpc) is 3.07. The lowest BCUT2D eigenvalue weighted by Gasteiger charge is -2.32. The van der Waals surface area contributed by atoms with Gasteiger partial charge in [0.1, 0.15) is 0 Å². The summed E-state index contributed by atoms with van der Waals surface area (Å²) >= 11 is 0. The van der Waals surface area contributed by atoms with Gasteiger partial charge in [-0.15, -0.1) is 24.0 Å². The van der Waals surface area contributed by atoms with Crippen LogP contribution in [-0.4, -0.2) is 63.8 Å². The fourth-order valence-corrected chi connectivity index (χ4v) is 4.39. The van der Waals surface area contributed by atoms with Gasteiger partial charge in [0.25, 0.3) is 0 Å². The summed E-state index contributed by atoms with van der Waals surface area (Å²) in [6, 6.07) is 0. The predicted molar refractivity (Wildman–Crippen MR) is 122 cm³/mol. The Hall–Kier alpha value is -0.0800. The smallest absolute Gasteiger partial charge is 0.191 e. The molecule has 1 heterocycles. The molecule has 0 amide bonds. The second-order valence-corrected chi connectivity index (χ2v) is 8.05. The highest BCUT2D eigenvalue weighted by Crippen LogP contribution is 2.40. The number of ether oxygens (including phenoxy) is 1. The number of piperidine rings is 1. The first-order valence-electron chi connectivity index (χ1n) is 10.4. The molecular formula is C20H41IN4O. The van der Waals surface area contributed by atoms with E-state index in [1.165, 1.54) is 51.6 Å². The Kier molecular flexibility index (Phi) is 12.1. The summed E-state index contributed by atoms with van der Waals surface area (Å²) in [5, 5.41) is 7.10. The van der Waals surface area contributed by atoms with E-state index in [0.29, 0.717) is 5.41 Å². The SMILES string of the molecule is CCOCCC1(CNC(=NC)NCCN2CCCC(C)C2)CCCC1.I. The summed E-state index contributed by atoms with van der Waals surface area (Å²) in [5.41, 5.74) is 0.398. The Labute approximate surface area is 178 Å². The van der Waals surface area contributed by atoms with Crippen LogP contribution in [0.5, 0.6) is 0 Å². The second-order valence-electron chi connectivity index (χ2n) is 8.05. The molecule has 0 aromatic rings. The third-order valence-electron chi connectivity index (χ3n) is 5.96. The van der Waals surface area contributed by atoms with Gasteiger partial charge < -0.3 is 20.3 Å². The largest absolute Gasteiger partial charge is 0.382 e. The highest BCUT2D eigenvalue weighted by molar-refractivity contribution is 14.0. The first kappa shape index (κ1) is 24.0. The Balaban J connectivity index is 0.00000338. The fraction of sp³-hybridized carbons (Fsp3) is 0.950. The van der Waals surface area contributed by atoms with Crippen molar-refractivity contribution in [2.24, 2.45) is 16.3 Å². The lowest BCUT2D eigenvalue weighted by molar-refractivity contribution is 0.105. The lowest BCUT2D eigenvalue weighted by Crippen LogP contribution is -2.46. The Bertz CT molecular complexity index is 399. The van der Waals surface area contributed by atoms with E-state index >= 15 is 0 Å². The number of nitrogens with zero attached hydrogens (tertiary/aromatic N) is 2. The van der Waals surface area contributed by atoms with Crippen molar-refractivity contribution in [3.8, 4) is 0 Å². The molecule has 154 valence electrons. The lowest BCUT2D eigenvalue weighted by atomic mass is 9.83. The monoisotopic (exact) mass is 480 g/mol. The van der Waals surface area contributed by atoms with E-state index in [-0.39, 0.29) is 24.0 Å². The number of nitrogens with one attached hydrogen (secondary N) is 2. The van der Waals surface area contributed by atoms with Gasteiger partial charge in [-0.25, -0.2) is 0 Å². The molecule has 2 aliphatic rings. The molecule has 2 N–H and O–H groups in total. The van der Waals surface area contributed by atoms with Gasteiger partial charge in [-0.3, -0.25) is 4.99 Å². The van der Waals surface area contributed by atoms with Gasteiger partial charge in [0.05, 0.1) is 0 Å². The van der Waals surface area contributed by atoms with Crippen LogP contribution in [0.4, 0.5) is 0 Å². The van der Waals surface area contributed by atoms with E-state index in [0.717, 1.165) is 51.1 Å². The molecule has 0 aromatic heterocycles. The van der Waals surface area contributed by atoms with Crippen LogP contribution in [-0.2, 0) is 4.74 Å². The summed E-state index contributed by atoms with van der Waals surface area (Å²) in [5.74, 6) is 1.80. The minimum absolute atomic E-state index is 0. The van der Waals surface area contributed by atoms with Crippen molar-refractivity contribution >= 4 is 29.9 Å². The number of guanidine groups is 1. The van der Waals surface area contributed by atoms with Gasteiger partial charge in [0.15, 0.2) is 5.96 Å². The van der Waals surface area contributed by atoms with Crippen molar-refractivity contribution in [1.82, 2.24) is 15.5 Å². The van der Waals surface area contributed by atoms with Gasteiger partial charge in [-0.1, -0.05) is 19.8 Å². The number of halogens is 1. The van der Waals surface area contributed by atoms with Crippen molar-refractivity contribution in [1.29, 1.82) is 0 Å². The van der Waals surface area contributed by atoms with Gasteiger partial charge in [-0.05, 0) is 56.9 Å². The first-order valence-corrected chi connectivity index (χ1v) is 10.4. The maximum atomic E-state index is 5.62. The van der Waals surface area contributed by atoms with E-state index in [1.807, 2.05) is 7.05 Å². The molecule has 1 saturated carbocycles. The van der Waals surface area contributed by atoms with Crippen molar-refractivity contribution in [3.05, 3.63) is 0 Å². The summed E-state index contributed by atoms with van der Waals surface area (Å²) in [7, 11) is 1.87. The third kappa shape index (κ3) is 8.30. The van der Waals surface area contributed by atoms with Crippen LogP contribution in [0.3, 0.4) is 0 Å². The molecule has 0 aromatic carbocycles. The van der Waals surface area contributed by atoms with Crippen LogP contribution in [0.25, 0.3) is 0 Å². The normalized spacial score (nSPS) is 23.5. The predicted octanol–water partition coefficient (Wildman–Crippen LogP) is 3.49. The number of likely N-dealkylation sites (tertiary alicyclic amines) is 1. The molecule has 0 bridgehead atoms. The molecule has 0 radical (unpaired) electrons. The summed E-state index contributed by atoms with van der Waals surface area (Å²) in [4.78, 5) is 7.00. The minimum Gasteiger partial charge on any atom is -0.382 e. The molecule has 2 fully saturated rings. The van der Waals surface area contributed by atoms with Crippen LogP contribution < -0.4 is 10.6 Å². The summed E-state index contributed by atoms with van der Waals surface area (Å²) < 4.78 is 5.62. The molecule has 1 aliphatic carbocycles. The van der Waals surface area contributed by atoms with Crippen LogP contribution in [0.2, 0.25) is 0 Å². The molecule has 0 spiro atoms. The van der Waals surface area contributed by atoms with Gasteiger partial charge in [-0.2, -0.15) is 0 Å². The van der Waals surface area contributed by atoms with Gasteiger partial charge >= 0.3 is 0 Å². The highest BCUT2D eigenvalue weighted by atomic mass is 127. The van der Waals surface area contributed by atoms with E-state index in [4.69, 9.17) is 4.74 Å². The number of aliphatic imine (C=N–C) groups is 1. The fourth-order valence-electron chi connectivity index (χ4n) is 4.39. The molecular weight excluding hydrogens is 439 g/mol. The molecule has 1 unspecified atom stereocenters. The number of rotatable bonds is 9. The zero-order valence-electron chi connectivity index (χ0n) is 17.2. The zero-order chi connectivity index (χ0) is 18.0. The highest BCUT2D eigenvalue weighted by Gasteiger charge is 2.33. The molecule has 6 heteroatoms. The summed E-state index contributed by atoms with van der Waals surface area (Å²) in [6.45, 7) is 11.7. The van der Waals surface area contributed by atoms with Gasteiger partial charge in [0, 0.05) is 46.4 Å². The van der Waals surface area contributed by atoms with Crippen molar-refractivity contribution < 1.29 is 4.74 Å². The topological polar surface area (TPSA) is 48.9 Å². The third-order valence-corrected chi connectivity index (χ3v) is 5.96. The maximum Gasteiger partial charge on any atom is 0.191 e. The quantitative estimate of drug-likeness (QED) is 0.230. The van der Waals surface area contributed by atoms with Crippen LogP contribution >= 0.6 is 24.0 Å².